The number of anilines is 1. The van der Waals surface area contributed by atoms with E-state index in [-0.39, 0.29) is 42.4 Å². The highest BCUT2D eigenvalue weighted by molar-refractivity contribution is 14.1. The molecule has 1 atom stereocenters. The van der Waals surface area contributed by atoms with Crippen LogP contribution in [0.1, 0.15) is 87.7 Å². The van der Waals surface area contributed by atoms with Gasteiger partial charge in [-0.15, -0.1) is 0 Å². The first-order valence-corrected chi connectivity index (χ1v) is 15.6. The molecule has 0 radical (unpaired) electrons. The van der Waals surface area contributed by atoms with Crippen molar-refractivity contribution in [3.8, 4) is 0 Å². The summed E-state index contributed by atoms with van der Waals surface area (Å²) in [6, 6.07) is 12.5. The van der Waals surface area contributed by atoms with Crippen LogP contribution < -0.4 is 16.0 Å². The third-order valence-electron chi connectivity index (χ3n) is 6.53. The first kappa shape index (κ1) is 35.0. The van der Waals surface area contributed by atoms with Gasteiger partial charge in [0.25, 0.3) is 5.91 Å². The SMILES string of the molecule is CC(C)Nc1ccc(COC(=O)C(C)C)c(C(=O)N[C@@H](CCCCNC(=O)CCCCc2ccc(I)cc2)C(=O)O)c1. The van der Waals surface area contributed by atoms with Crippen LogP contribution in [0.3, 0.4) is 0 Å². The molecule has 2 rings (SSSR count). The highest BCUT2D eigenvalue weighted by Gasteiger charge is 2.23. The molecule has 0 aliphatic carbocycles. The van der Waals surface area contributed by atoms with Crippen LogP contribution in [0.25, 0.3) is 0 Å². The molecule has 0 aliphatic heterocycles. The second kappa shape index (κ2) is 18.4. The topological polar surface area (TPSA) is 134 Å². The molecule has 42 heavy (non-hydrogen) atoms. The van der Waals surface area contributed by atoms with E-state index in [2.05, 4.69) is 62.8 Å². The predicted molar refractivity (Wildman–Crippen MR) is 172 cm³/mol. The number of ether oxygens (including phenoxy) is 1. The van der Waals surface area contributed by atoms with Crippen LogP contribution >= 0.6 is 22.6 Å². The molecule has 0 bridgehead atoms. The molecule has 0 aliphatic rings. The summed E-state index contributed by atoms with van der Waals surface area (Å²) in [6.07, 6.45) is 4.46. The van der Waals surface area contributed by atoms with Crippen molar-refractivity contribution in [2.45, 2.75) is 91.3 Å². The Bertz CT molecular complexity index is 1180. The lowest BCUT2D eigenvalue weighted by molar-refractivity contribution is -0.148. The number of rotatable bonds is 18. The van der Waals surface area contributed by atoms with Gasteiger partial charge in [0.2, 0.25) is 5.91 Å². The largest absolute Gasteiger partial charge is 0.480 e. The Morgan fingerprint density at radius 2 is 1.64 bits per heavy atom. The van der Waals surface area contributed by atoms with Crippen molar-refractivity contribution in [1.29, 1.82) is 0 Å². The Morgan fingerprint density at radius 1 is 0.929 bits per heavy atom. The lowest BCUT2D eigenvalue weighted by atomic mass is 10.0. The Labute approximate surface area is 262 Å². The quantitative estimate of drug-likeness (QED) is 0.0896. The van der Waals surface area contributed by atoms with Gasteiger partial charge in [-0.2, -0.15) is 0 Å². The van der Waals surface area contributed by atoms with Crippen LogP contribution in [0.2, 0.25) is 0 Å². The number of carboxylic acid groups (broad SMARTS) is 1. The average molecular weight is 694 g/mol. The van der Waals surface area contributed by atoms with Crippen molar-refractivity contribution in [3.05, 3.63) is 62.7 Å². The molecule has 0 saturated heterocycles. The van der Waals surface area contributed by atoms with Crippen LogP contribution in [-0.2, 0) is 32.1 Å². The van der Waals surface area contributed by atoms with Crippen LogP contribution in [0.5, 0.6) is 0 Å². The summed E-state index contributed by atoms with van der Waals surface area (Å²) < 4.78 is 6.53. The van der Waals surface area contributed by atoms with Crippen molar-refractivity contribution in [2.75, 3.05) is 11.9 Å². The number of hydrogen-bond donors (Lipinski definition) is 4. The third-order valence-corrected chi connectivity index (χ3v) is 7.25. The lowest BCUT2D eigenvalue weighted by Gasteiger charge is -2.18. The minimum atomic E-state index is -1.13. The summed E-state index contributed by atoms with van der Waals surface area (Å²) in [5.41, 5.74) is 2.70. The van der Waals surface area contributed by atoms with E-state index in [0.717, 1.165) is 19.3 Å². The Morgan fingerprint density at radius 3 is 2.29 bits per heavy atom. The molecule has 2 aromatic carbocycles. The van der Waals surface area contributed by atoms with Crippen molar-refractivity contribution in [1.82, 2.24) is 10.6 Å². The van der Waals surface area contributed by atoms with Crippen molar-refractivity contribution >= 4 is 52.0 Å². The second-order valence-electron chi connectivity index (χ2n) is 11.0. The molecule has 0 heterocycles. The number of hydrogen-bond acceptors (Lipinski definition) is 6. The fourth-order valence-corrected chi connectivity index (χ4v) is 4.56. The number of benzene rings is 2. The number of carbonyl (C=O) groups is 4. The van der Waals surface area contributed by atoms with E-state index < -0.39 is 17.9 Å². The van der Waals surface area contributed by atoms with Gasteiger partial charge in [-0.05, 0) is 105 Å². The van der Waals surface area contributed by atoms with Gasteiger partial charge in [0.1, 0.15) is 12.6 Å². The molecule has 0 fully saturated rings. The minimum absolute atomic E-state index is 0.0127. The van der Waals surface area contributed by atoms with Crippen LogP contribution in [0.4, 0.5) is 5.69 Å². The molecule has 230 valence electrons. The molecule has 0 spiro atoms. The number of carboxylic acids is 1. The van der Waals surface area contributed by atoms with Gasteiger partial charge >= 0.3 is 11.9 Å². The first-order chi connectivity index (χ1) is 20.0. The standard InChI is InChI=1S/C32H44IN3O6/c1-21(2)32(41)42-20-24-14-17-26(35-22(3)4)19-27(24)30(38)36-28(31(39)40)10-7-8-18-34-29(37)11-6-5-9-23-12-15-25(33)16-13-23/h12-17,19,21-22,28,35H,5-11,18,20H2,1-4H3,(H,34,37)(H,36,38)(H,39,40)/t28-/m0/s1. The zero-order valence-corrected chi connectivity index (χ0v) is 27.2. The lowest BCUT2D eigenvalue weighted by Crippen LogP contribution is -2.41. The van der Waals surface area contributed by atoms with Gasteiger partial charge in [0, 0.05) is 39.4 Å². The van der Waals surface area contributed by atoms with Crippen LogP contribution in [-0.4, -0.2) is 47.5 Å². The number of esters is 1. The summed E-state index contributed by atoms with van der Waals surface area (Å²) in [6.45, 7) is 7.74. The highest BCUT2D eigenvalue weighted by Crippen LogP contribution is 2.19. The van der Waals surface area contributed by atoms with E-state index >= 15 is 0 Å². The monoisotopic (exact) mass is 693 g/mol. The van der Waals surface area contributed by atoms with E-state index in [1.165, 1.54) is 9.13 Å². The van der Waals surface area contributed by atoms with E-state index in [4.69, 9.17) is 4.74 Å². The number of nitrogens with one attached hydrogen (secondary N) is 3. The number of aliphatic carboxylic acids is 1. The second-order valence-corrected chi connectivity index (χ2v) is 12.2. The van der Waals surface area contributed by atoms with Crippen molar-refractivity contribution in [3.63, 3.8) is 0 Å². The number of carbonyl (C=O) groups excluding carboxylic acids is 3. The van der Waals surface area contributed by atoms with E-state index in [1.54, 1.807) is 32.0 Å². The Balaban J connectivity index is 1.83. The molecule has 2 aromatic rings. The number of amides is 2. The summed E-state index contributed by atoms with van der Waals surface area (Å²) >= 11 is 2.28. The smallest absolute Gasteiger partial charge is 0.326 e. The van der Waals surface area contributed by atoms with Gasteiger partial charge in [0.15, 0.2) is 0 Å². The van der Waals surface area contributed by atoms with Gasteiger partial charge in [-0.1, -0.05) is 32.0 Å². The number of halogens is 1. The van der Waals surface area contributed by atoms with E-state index in [9.17, 15) is 24.3 Å². The van der Waals surface area contributed by atoms with Crippen LogP contribution in [0, 0.1) is 9.49 Å². The van der Waals surface area contributed by atoms with Gasteiger partial charge in [-0.3, -0.25) is 14.4 Å². The zero-order valence-electron chi connectivity index (χ0n) is 25.0. The molecular weight excluding hydrogens is 649 g/mol. The third kappa shape index (κ3) is 13.2. The minimum Gasteiger partial charge on any atom is -0.480 e. The Kier molecular flexibility index (Phi) is 15.4. The highest BCUT2D eigenvalue weighted by atomic mass is 127. The number of unbranched alkanes of at least 4 members (excludes halogenated alkanes) is 2. The van der Waals surface area contributed by atoms with Crippen molar-refractivity contribution < 1.29 is 29.0 Å². The first-order valence-electron chi connectivity index (χ1n) is 14.6. The van der Waals surface area contributed by atoms with Gasteiger partial charge in [0.05, 0.1) is 5.92 Å². The fraction of sp³-hybridized carbons (Fsp3) is 0.500. The maximum Gasteiger partial charge on any atom is 0.326 e. The normalized spacial score (nSPS) is 11.7. The number of aryl methyl sites for hydroxylation is 1. The Hall–Kier alpha value is -3.15. The van der Waals surface area contributed by atoms with Gasteiger partial charge < -0.3 is 25.8 Å². The maximum atomic E-state index is 13.2. The molecule has 0 unspecified atom stereocenters. The van der Waals surface area contributed by atoms with Crippen molar-refractivity contribution in [2.24, 2.45) is 5.92 Å². The van der Waals surface area contributed by atoms with E-state index in [0.29, 0.717) is 37.1 Å². The fourth-order valence-electron chi connectivity index (χ4n) is 4.20. The molecular formula is C32H44IN3O6. The molecule has 2 amide bonds. The van der Waals surface area contributed by atoms with Gasteiger partial charge in [-0.25, -0.2) is 4.79 Å². The predicted octanol–water partition coefficient (Wildman–Crippen LogP) is 5.69. The average Bonchev–Trinajstić information content (AvgIpc) is 2.93. The summed E-state index contributed by atoms with van der Waals surface area (Å²) in [5.74, 6) is -2.40. The summed E-state index contributed by atoms with van der Waals surface area (Å²) in [7, 11) is 0. The molecule has 9 nitrogen and oxygen atoms in total. The molecule has 4 N–H and O–H groups in total. The van der Waals surface area contributed by atoms with Crippen LogP contribution in [0.15, 0.2) is 42.5 Å². The zero-order chi connectivity index (χ0) is 31.1. The summed E-state index contributed by atoms with van der Waals surface area (Å²) in [5, 5.41) is 18.5. The molecule has 0 aromatic heterocycles. The molecule has 0 saturated carbocycles. The molecule has 10 heteroatoms. The summed E-state index contributed by atoms with van der Waals surface area (Å²) in [4.78, 5) is 49.3. The van der Waals surface area contributed by atoms with E-state index in [1.807, 2.05) is 13.8 Å². The maximum absolute atomic E-state index is 13.2.